The molecule has 0 aliphatic carbocycles. The first kappa shape index (κ1) is 26.8. The second-order valence-corrected chi connectivity index (χ2v) is 9.29. The Morgan fingerprint density at radius 1 is 1.08 bits per heavy atom. The van der Waals surface area contributed by atoms with Crippen molar-refractivity contribution < 1.29 is 9.59 Å². The van der Waals surface area contributed by atoms with E-state index in [0.717, 1.165) is 11.1 Å². The summed E-state index contributed by atoms with van der Waals surface area (Å²) in [5.74, 6) is 0.0124. The quantitative estimate of drug-likeness (QED) is 0.451. The molecule has 190 valence electrons. The summed E-state index contributed by atoms with van der Waals surface area (Å²) in [6.07, 6.45) is 0.592. The molecule has 2 aromatic carbocycles. The number of amides is 2. The van der Waals surface area contributed by atoms with Gasteiger partial charge in [0, 0.05) is 25.1 Å². The number of nitrogens with two attached hydrogens (primary N) is 1. The number of carbonyl (C=O) groups excluding carboxylic acids is 2. The number of hydrogen-bond acceptors (Lipinski definition) is 5. The maximum Gasteiger partial charge on any atom is 0.255 e. The van der Waals surface area contributed by atoms with Gasteiger partial charge in [-0.2, -0.15) is 0 Å². The minimum atomic E-state index is -0.532. The molecule has 0 saturated heterocycles. The van der Waals surface area contributed by atoms with Crippen molar-refractivity contribution >= 4 is 17.6 Å². The maximum atomic E-state index is 13.8. The van der Waals surface area contributed by atoms with E-state index in [1.54, 1.807) is 9.47 Å². The van der Waals surface area contributed by atoms with E-state index in [0.29, 0.717) is 30.9 Å². The lowest BCUT2D eigenvalue weighted by Gasteiger charge is -2.35. The van der Waals surface area contributed by atoms with Gasteiger partial charge in [-0.3, -0.25) is 19.0 Å². The van der Waals surface area contributed by atoms with Crippen LogP contribution in [0.1, 0.15) is 60.5 Å². The van der Waals surface area contributed by atoms with E-state index in [1.807, 2.05) is 75.4 Å². The van der Waals surface area contributed by atoms with Crippen molar-refractivity contribution in [3.05, 3.63) is 93.5 Å². The van der Waals surface area contributed by atoms with Crippen LogP contribution in [0.4, 0.5) is 5.82 Å². The summed E-state index contributed by atoms with van der Waals surface area (Å²) in [6.45, 7) is 8.42. The third-order valence-electron chi connectivity index (χ3n) is 5.92. The second-order valence-electron chi connectivity index (χ2n) is 9.29. The lowest BCUT2D eigenvalue weighted by atomic mass is 9.99. The topological polar surface area (TPSA) is 110 Å². The number of nitrogens with zero attached hydrogens (tertiary/aromatic N) is 3. The molecule has 8 heteroatoms. The highest BCUT2D eigenvalue weighted by Crippen LogP contribution is 2.30. The highest BCUT2D eigenvalue weighted by molar-refractivity contribution is 5.94. The monoisotopic (exact) mass is 489 g/mol. The molecule has 0 radical (unpaired) electrons. The largest absolute Gasteiger partial charge is 0.330 e. The third kappa shape index (κ3) is 6.66. The van der Waals surface area contributed by atoms with E-state index < -0.39 is 6.04 Å². The number of anilines is 1. The van der Waals surface area contributed by atoms with Gasteiger partial charge in [0.05, 0.1) is 12.6 Å². The zero-order chi connectivity index (χ0) is 26.2. The first-order valence-electron chi connectivity index (χ1n) is 12.2. The Hall–Kier alpha value is -3.78. The van der Waals surface area contributed by atoms with Crippen molar-refractivity contribution in [2.24, 2.45) is 11.7 Å². The summed E-state index contributed by atoms with van der Waals surface area (Å²) in [7, 11) is 0. The van der Waals surface area contributed by atoms with Crippen LogP contribution in [0, 0.1) is 12.8 Å². The molecule has 3 N–H and O–H groups in total. The number of aryl methyl sites for hydroxylation is 1. The molecule has 1 aromatic heterocycles. The predicted octanol–water partition coefficient (Wildman–Crippen LogP) is 3.75. The van der Waals surface area contributed by atoms with Gasteiger partial charge in [0.2, 0.25) is 5.91 Å². The molecule has 36 heavy (non-hydrogen) atoms. The first-order valence-corrected chi connectivity index (χ1v) is 12.2. The zero-order valence-corrected chi connectivity index (χ0v) is 21.4. The van der Waals surface area contributed by atoms with Crippen LogP contribution in [0.5, 0.6) is 0 Å². The molecule has 0 fully saturated rings. The normalized spacial score (nSPS) is 11.8. The SMILES string of the molecule is CC(=O)Nc1cc(=O)n(Cc2ccccc2)c(C(C(C)C)N(CCCN)C(=O)c2ccc(C)cc2)n1. The number of nitrogens with one attached hydrogen (secondary N) is 1. The summed E-state index contributed by atoms with van der Waals surface area (Å²) in [5.41, 5.74) is 8.06. The Labute approximate surface area is 212 Å². The van der Waals surface area contributed by atoms with E-state index in [2.05, 4.69) is 5.32 Å². The Morgan fingerprint density at radius 3 is 2.33 bits per heavy atom. The van der Waals surface area contributed by atoms with E-state index in [1.165, 1.54) is 13.0 Å². The second kappa shape index (κ2) is 12.3. The molecule has 1 atom stereocenters. The van der Waals surface area contributed by atoms with E-state index >= 15 is 0 Å². The summed E-state index contributed by atoms with van der Waals surface area (Å²) < 4.78 is 1.59. The number of benzene rings is 2. The van der Waals surface area contributed by atoms with Crippen LogP contribution in [0.15, 0.2) is 65.5 Å². The number of hydrogen-bond donors (Lipinski definition) is 2. The lowest BCUT2D eigenvalue weighted by Crippen LogP contribution is -2.42. The van der Waals surface area contributed by atoms with Crippen LogP contribution < -0.4 is 16.6 Å². The van der Waals surface area contributed by atoms with Crippen LogP contribution in [-0.4, -0.2) is 39.4 Å². The molecule has 0 saturated carbocycles. The minimum Gasteiger partial charge on any atom is -0.330 e. The highest BCUT2D eigenvalue weighted by Gasteiger charge is 2.32. The van der Waals surface area contributed by atoms with Gasteiger partial charge in [0.15, 0.2) is 0 Å². The molecule has 1 heterocycles. The van der Waals surface area contributed by atoms with Crippen molar-refractivity contribution in [2.45, 2.75) is 46.7 Å². The zero-order valence-electron chi connectivity index (χ0n) is 21.4. The van der Waals surface area contributed by atoms with E-state index in [-0.39, 0.29) is 35.7 Å². The van der Waals surface area contributed by atoms with Gasteiger partial charge >= 0.3 is 0 Å². The Balaban J connectivity index is 2.18. The maximum absolute atomic E-state index is 13.8. The van der Waals surface area contributed by atoms with Crippen molar-refractivity contribution in [2.75, 3.05) is 18.4 Å². The van der Waals surface area contributed by atoms with E-state index in [4.69, 9.17) is 10.7 Å². The summed E-state index contributed by atoms with van der Waals surface area (Å²) in [5, 5.41) is 2.63. The van der Waals surface area contributed by atoms with Crippen molar-refractivity contribution in [3.63, 3.8) is 0 Å². The fourth-order valence-electron chi connectivity index (χ4n) is 4.21. The van der Waals surface area contributed by atoms with Gasteiger partial charge < -0.3 is 16.0 Å². The van der Waals surface area contributed by atoms with Crippen molar-refractivity contribution in [3.8, 4) is 0 Å². The van der Waals surface area contributed by atoms with Gasteiger partial charge in [-0.05, 0) is 43.5 Å². The Morgan fingerprint density at radius 2 is 1.75 bits per heavy atom. The lowest BCUT2D eigenvalue weighted by molar-refractivity contribution is -0.114. The van der Waals surface area contributed by atoms with Gasteiger partial charge in [0.1, 0.15) is 11.6 Å². The molecule has 3 aromatic rings. The average molecular weight is 490 g/mol. The third-order valence-corrected chi connectivity index (χ3v) is 5.92. The van der Waals surface area contributed by atoms with Gasteiger partial charge in [-0.25, -0.2) is 4.98 Å². The summed E-state index contributed by atoms with van der Waals surface area (Å²) in [4.78, 5) is 45.4. The number of aromatic nitrogens is 2. The van der Waals surface area contributed by atoms with Crippen molar-refractivity contribution in [1.29, 1.82) is 0 Å². The standard InChI is InChI=1S/C28H35N5O3/c1-19(2)26(32(16-8-15-29)28(36)23-13-11-20(3)12-14-23)27-31-24(30-21(4)34)17-25(35)33(27)18-22-9-6-5-7-10-22/h5-7,9-14,17,19,26H,8,15-16,18,29H2,1-4H3,(H,30,34). The fraction of sp³-hybridized carbons (Fsp3) is 0.357. The van der Waals surface area contributed by atoms with Crippen LogP contribution in [0.3, 0.4) is 0 Å². The van der Waals surface area contributed by atoms with E-state index in [9.17, 15) is 14.4 Å². The smallest absolute Gasteiger partial charge is 0.255 e. The molecular weight excluding hydrogens is 454 g/mol. The van der Waals surface area contributed by atoms with Gasteiger partial charge in [-0.1, -0.05) is 61.9 Å². The van der Waals surface area contributed by atoms with Crippen LogP contribution >= 0.6 is 0 Å². The Bertz CT molecular complexity index is 1240. The molecule has 1 unspecified atom stereocenters. The summed E-state index contributed by atoms with van der Waals surface area (Å²) in [6, 6.07) is 17.8. The fourth-order valence-corrected chi connectivity index (χ4v) is 4.21. The molecule has 8 nitrogen and oxygen atoms in total. The minimum absolute atomic E-state index is 0.0846. The highest BCUT2D eigenvalue weighted by atomic mass is 16.2. The average Bonchev–Trinajstić information content (AvgIpc) is 2.83. The molecule has 3 rings (SSSR count). The molecule has 0 spiro atoms. The number of rotatable bonds is 10. The summed E-state index contributed by atoms with van der Waals surface area (Å²) >= 11 is 0. The van der Waals surface area contributed by atoms with Crippen LogP contribution in [0.2, 0.25) is 0 Å². The predicted molar refractivity (Wildman–Crippen MR) is 142 cm³/mol. The van der Waals surface area contributed by atoms with Gasteiger partial charge in [-0.15, -0.1) is 0 Å². The molecule has 2 amide bonds. The molecular formula is C28H35N5O3. The van der Waals surface area contributed by atoms with Gasteiger partial charge in [0.25, 0.3) is 11.5 Å². The van der Waals surface area contributed by atoms with Crippen LogP contribution in [-0.2, 0) is 11.3 Å². The molecule has 0 bridgehead atoms. The molecule has 0 aliphatic rings. The van der Waals surface area contributed by atoms with Crippen molar-refractivity contribution in [1.82, 2.24) is 14.5 Å². The van der Waals surface area contributed by atoms with Crippen LogP contribution in [0.25, 0.3) is 0 Å². The Kier molecular flexibility index (Phi) is 9.13. The number of carbonyl (C=O) groups is 2. The molecule has 0 aliphatic heterocycles. The first-order chi connectivity index (χ1) is 17.2.